The summed E-state index contributed by atoms with van der Waals surface area (Å²) in [4.78, 5) is 17.3. The van der Waals surface area contributed by atoms with Crippen molar-refractivity contribution < 1.29 is 9.53 Å². The first-order valence-corrected chi connectivity index (χ1v) is 15.3. The fourth-order valence-corrected chi connectivity index (χ4v) is 6.16. The highest BCUT2D eigenvalue weighted by Crippen LogP contribution is 2.35. The number of thiazole rings is 1. The van der Waals surface area contributed by atoms with Gasteiger partial charge in [-0.3, -0.25) is 4.79 Å². The Morgan fingerprint density at radius 2 is 1.76 bits per heavy atom. The molecule has 4 aromatic carbocycles. The second-order valence-corrected chi connectivity index (χ2v) is 11.8. The SMILES string of the molecule is N#Cc1ccccc1COc1c(Br)cc(/C=N\NC(=O)c2ccc(-c3csc(Nc4ccc(Cl)cc4)n3)cc2)cc1Br. The predicted octanol–water partition coefficient (Wildman–Crippen LogP) is 8.95. The number of hydrogen-bond acceptors (Lipinski definition) is 7. The minimum atomic E-state index is -0.338. The summed E-state index contributed by atoms with van der Waals surface area (Å²) in [5, 5.41) is 20.0. The molecule has 1 amide bonds. The van der Waals surface area contributed by atoms with Crippen LogP contribution in [0.1, 0.15) is 27.0 Å². The number of nitrogens with one attached hydrogen (secondary N) is 2. The van der Waals surface area contributed by atoms with Crippen LogP contribution in [0.4, 0.5) is 10.8 Å². The molecule has 1 aromatic heterocycles. The van der Waals surface area contributed by atoms with Gasteiger partial charge in [0.25, 0.3) is 5.91 Å². The second kappa shape index (κ2) is 13.8. The van der Waals surface area contributed by atoms with Gasteiger partial charge in [-0.2, -0.15) is 10.4 Å². The van der Waals surface area contributed by atoms with Crippen LogP contribution in [-0.4, -0.2) is 17.1 Å². The number of carbonyl (C=O) groups is 1. The zero-order valence-electron chi connectivity index (χ0n) is 21.6. The van der Waals surface area contributed by atoms with Crippen LogP contribution in [0.2, 0.25) is 5.02 Å². The van der Waals surface area contributed by atoms with E-state index in [1.54, 1.807) is 24.4 Å². The Morgan fingerprint density at radius 3 is 2.48 bits per heavy atom. The molecular formula is C31H20Br2ClN5O2S. The number of amides is 1. The number of hydrogen-bond donors (Lipinski definition) is 2. The number of carbonyl (C=O) groups excluding carboxylic acids is 1. The molecule has 5 rings (SSSR count). The summed E-state index contributed by atoms with van der Waals surface area (Å²) in [6.45, 7) is 0.243. The van der Waals surface area contributed by atoms with E-state index in [-0.39, 0.29) is 12.5 Å². The minimum absolute atomic E-state index is 0.243. The number of nitriles is 1. The van der Waals surface area contributed by atoms with E-state index < -0.39 is 0 Å². The molecule has 0 fully saturated rings. The number of halogens is 3. The lowest BCUT2D eigenvalue weighted by Crippen LogP contribution is -2.17. The Bertz CT molecular complexity index is 1780. The molecule has 7 nitrogen and oxygen atoms in total. The average Bonchev–Trinajstić information content (AvgIpc) is 3.46. The Morgan fingerprint density at radius 1 is 1.05 bits per heavy atom. The largest absolute Gasteiger partial charge is 0.486 e. The Hall–Kier alpha value is -4.01. The van der Waals surface area contributed by atoms with E-state index in [1.807, 2.05) is 72.1 Å². The van der Waals surface area contributed by atoms with Crippen molar-refractivity contribution in [3.8, 4) is 23.1 Å². The van der Waals surface area contributed by atoms with Gasteiger partial charge in [0.2, 0.25) is 0 Å². The molecule has 0 saturated heterocycles. The van der Waals surface area contributed by atoms with E-state index >= 15 is 0 Å². The van der Waals surface area contributed by atoms with Gasteiger partial charge in [-0.05, 0) is 92.0 Å². The first-order valence-electron chi connectivity index (χ1n) is 12.4. The van der Waals surface area contributed by atoms with Gasteiger partial charge in [-0.25, -0.2) is 10.4 Å². The van der Waals surface area contributed by atoms with E-state index in [0.29, 0.717) is 30.8 Å². The van der Waals surface area contributed by atoms with E-state index in [4.69, 9.17) is 16.3 Å². The minimum Gasteiger partial charge on any atom is -0.486 e. The number of rotatable bonds is 9. The molecule has 0 aliphatic carbocycles. The van der Waals surface area contributed by atoms with Crippen LogP contribution < -0.4 is 15.5 Å². The molecule has 0 radical (unpaired) electrons. The molecule has 0 aliphatic rings. The van der Waals surface area contributed by atoms with Crippen LogP contribution in [-0.2, 0) is 6.61 Å². The monoisotopic (exact) mass is 719 g/mol. The van der Waals surface area contributed by atoms with Crippen molar-refractivity contribution in [2.75, 3.05) is 5.32 Å². The van der Waals surface area contributed by atoms with Gasteiger partial charge >= 0.3 is 0 Å². The standard InChI is InChI=1S/C31H20Br2ClN5O2S/c32-26-13-19(14-27(33)29(26)41-17-23-4-2-1-3-22(23)15-35)16-36-39-30(40)21-7-5-20(6-8-21)28-18-42-31(38-28)37-25-11-9-24(34)10-12-25/h1-14,16,18H,17H2,(H,37,38)(H,39,40)/b36-16-. The number of nitrogens with zero attached hydrogens (tertiary/aromatic N) is 3. The highest BCUT2D eigenvalue weighted by molar-refractivity contribution is 9.11. The van der Waals surface area contributed by atoms with Crippen LogP contribution >= 0.6 is 54.8 Å². The van der Waals surface area contributed by atoms with Crippen LogP contribution in [0.15, 0.2) is 104 Å². The van der Waals surface area contributed by atoms with Gasteiger partial charge in [-0.1, -0.05) is 41.9 Å². The summed E-state index contributed by atoms with van der Waals surface area (Å²) in [5.41, 5.74) is 7.72. The van der Waals surface area contributed by atoms with Gasteiger partial charge in [0.05, 0.1) is 32.5 Å². The maximum atomic E-state index is 12.7. The third kappa shape index (κ3) is 7.43. The highest BCUT2D eigenvalue weighted by Gasteiger charge is 2.11. The molecule has 0 spiro atoms. The lowest BCUT2D eigenvalue weighted by Gasteiger charge is -2.12. The van der Waals surface area contributed by atoms with E-state index in [1.165, 1.54) is 11.3 Å². The molecule has 5 aromatic rings. The van der Waals surface area contributed by atoms with Crippen LogP contribution in [0.3, 0.4) is 0 Å². The number of benzene rings is 4. The topological polar surface area (TPSA) is 99.4 Å². The first-order chi connectivity index (χ1) is 20.4. The normalized spacial score (nSPS) is 10.8. The van der Waals surface area contributed by atoms with E-state index in [0.717, 1.165) is 33.2 Å². The maximum absolute atomic E-state index is 12.7. The highest BCUT2D eigenvalue weighted by atomic mass is 79.9. The van der Waals surface area contributed by atoms with Gasteiger partial charge in [0.1, 0.15) is 12.4 Å². The lowest BCUT2D eigenvalue weighted by atomic mass is 10.1. The average molecular weight is 722 g/mol. The molecule has 1 heterocycles. The Kier molecular flexibility index (Phi) is 9.66. The van der Waals surface area contributed by atoms with Crippen LogP contribution in [0, 0.1) is 11.3 Å². The number of anilines is 2. The number of aromatic nitrogens is 1. The quantitative estimate of drug-likeness (QED) is 0.117. The second-order valence-electron chi connectivity index (χ2n) is 8.82. The smallest absolute Gasteiger partial charge is 0.271 e. The molecule has 42 heavy (non-hydrogen) atoms. The van der Waals surface area contributed by atoms with Crippen LogP contribution in [0.25, 0.3) is 11.3 Å². The maximum Gasteiger partial charge on any atom is 0.271 e. The predicted molar refractivity (Wildman–Crippen MR) is 175 cm³/mol. The van der Waals surface area contributed by atoms with Gasteiger partial charge in [0.15, 0.2) is 5.13 Å². The fraction of sp³-hybridized carbons (Fsp3) is 0.0323. The van der Waals surface area contributed by atoms with Gasteiger partial charge in [-0.15, -0.1) is 11.3 Å². The molecule has 11 heteroatoms. The summed E-state index contributed by atoms with van der Waals surface area (Å²) in [6, 6.07) is 27.7. The van der Waals surface area contributed by atoms with Crippen molar-refractivity contribution >= 4 is 77.7 Å². The van der Waals surface area contributed by atoms with Crippen molar-refractivity contribution in [2.24, 2.45) is 5.10 Å². The first kappa shape index (κ1) is 29.5. The summed E-state index contributed by atoms with van der Waals surface area (Å²) >= 11 is 14.5. The lowest BCUT2D eigenvalue weighted by molar-refractivity contribution is 0.0955. The van der Waals surface area contributed by atoms with Gasteiger partial charge in [0, 0.05) is 32.8 Å². The van der Waals surface area contributed by atoms with Gasteiger partial charge < -0.3 is 10.1 Å². The Balaban J connectivity index is 1.17. The molecule has 0 unspecified atom stereocenters. The van der Waals surface area contributed by atoms with Crippen molar-refractivity contribution in [3.63, 3.8) is 0 Å². The molecule has 0 aliphatic heterocycles. The molecule has 208 valence electrons. The fourth-order valence-electron chi connectivity index (χ4n) is 3.84. The van der Waals surface area contributed by atoms with Crippen molar-refractivity contribution in [3.05, 3.63) is 127 Å². The van der Waals surface area contributed by atoms with Crippen molar-refractivity contribution in [1.82, 2.24) is 10.4 Å². The zero-order chi connectivity index (χ0) is 29.5. The summed E-state index contributed by atoms with van der Waals surface area (Å²) in [6.07, 6.45) is 1.54. The van der Waals surface area contributed by atoms with Crippen molar-refractivity contribution in [2.45, 2.75) is 6.61 Å². The molecule has 0 saturated carbocycles. The summed E-state index contributed by atoms with van der Waals surface area (Å²) in [7, 11) is 0. The van der Waals surface area contributed by atoms with Crippen molar-refractivity contribution in [1.29, 1.82) is 5.26 Å². The Labute approximate surface area is 268 Å². The van der Waals surface area contributed by atoms with Crippen LogP contribution in [0.5, 0.6) is 5.75 Å². The molecule has 2 N–H and O–H groups in total. The zero-order valence-corrected chi connectivity index (χ0v) is 26.4. The summed E-state index contributed by atoms with van der Waals surface area (Å²) in [5.74, 6) is 0.257. The molecular weight excluding hydrogens is 702 g/mol. The number of hydrazone groups is 1. The van der Waals surface area contributed by atoms with E-state index in [2.05, 4.69) is 58.8 Å². The number of ether oxygens (including phenoxy) is 1. The third-order valence-corrected chi connectivity index (χ3v) is 8.14. The third-order valence-electron chi connectivity index (χ3n) is 5.95. The molecule has 0 atom stereocenters. The van der Waals surface area contributed by atoms with E-state index in [9.17, 15) is 10.1 Å². The summed E-state index contributed by atoms with van der Waals surface area (Å²) < 4.78 is 7.35. The molecule has 0 bridgehead atoms.